The molecule has 5 rings (SSSR count). The number of nitrogens with zero attached hydrogens (tertiary/aromatic N) is 1. The highest BCUT2D eigenvalue weighted by molar-refractivity contribution is 5.98. The molecule has 1 N–H and O–H groups in total. The van der Waals surface area contributed by atoms with Crippen molar-refractivity contribution in [2.75, 3.05) is 5.32 Å². The Labute approximate surface area is 205 Å². The van der Waals surface area contributed by atoms with Crippen molar-refractivity contribution in [3.05, 3.63) is 120 Å². The first-order valence-electron chi connectivity index (χ1n) is 12.0. The van der Waals surface area contributed by atoms with E-state index in [0.29, 0.717) is 17.5 Å². The molecule has 0 radical (unpaired) electrons. The summed E-state index contributed by atoms with van der Waals surface area (Å²) in [4.78, 5) is 18.2. The van der Waals surface area contributed by atoms with Crippen molar-refractivity contribution in [1.29, 1.82) is 0 Å². The van der Waals surface area contributed by atoms with E-state index in [1.165, 1.54) is 5.56 Å². The van der Waals surface area contributed by atoms with Crippen molar-refractivity contribution in [2.45, 2.75) is 32.1 Å². The Balaban J connectivity index is 1.43. The van der Waals surface area contributed by atoms with Gasteiger partial charge in [-0.25, -0.2) is 4.98 Å². The van der Waals surface area contributed by atoms with Gasteiger partial charge < -0.3 is 9.73 Å². The molecule has 4 heteroatoms. The molecule has 0 saturated carbocycles. The third-order valence-corrected chi connectivity index (χ3v) is 6.50. The van der Waals surface area contributed by atoms with E-state index in [9.17, 15) is 4.79 Å². The minimum absolute atomic E-state index is 0.0877. The molecule has 1 unspecified atom stereocenters. The van der Waals surface area contributed by atoms with Crippen LogP contribution in [0, 0.1) is 0 Å². The number of hydrogen-bond acceptors (Lipinski definition) is 3. The zero-order valence-electron chi connectivity index (χ0n) is 19.9. The van der Waals surface area contributed by atoms with Crippen LogP contribution < -0.4 is 5.32 Å². The van der Waals surface area contributed by atoms with Crippen molar-refractivity contribution in [1.82, 2.24) is 4.98 Å². The first-order valence-corrected chi connectivity index (χ1v) is 12.0. The molecule has 4 nitrogen and oxygen atoms in total. The van der Waals surface area contributed by atoms with Crippen LogP contribution in [0.15, 0.2) is 108 Å². The predicted molar refractivity (Wildman–Crippen MR) is 142 cm³/mol. The lowest BCUT2D eigenvalue weighted by Gasteiger charge is -2.18. The molecule has 0 saturated heterocycles. The quantitative estimate of drug-likeness (QED) is 0.270. The summed E-state index contributed by atoms with van der Waals surface area (Å²) in [7, 11) is 0. The maximum absolute atomic E-state index is 13.5. The molecule has 0 spiro atoms. The summed E-state index contributed by atoms with van der Waals surface area (Å²) in [6, 6.07) is 33.5. The van der Waals surface area contributed by atoms with Gasteiger partial charge in [0.25, 0.3) is 0 Å². The molecule has 0 fully saturated rings. The van der Waals surface area contributed by atoms with Gasteiger partial charge in [-0.1, -0.05) is 86.6 Å². The molecule has 1 aromatic heterocycles. The van der Waals surface area contributed by atoms with E-state index in [1.54, 1.807) is 0 Å². The van der Waals surface area contributed by atoms with Crippen LogP contribution in [0.1, 0.15) is 48.8 Å². The summed E-state index contributed by atoms with van der Waals surface area (Å²) in [5.41, 5.74) is 6.28. The summed E-state index contributed by atoms with van der Waals surface area (Å²) < 4.78 is 6.04. The van der Waals surface area contributed by atoms with Gasteiger partial charge in [0.15, 0.2) is 5.58 Å². The highest BCUT2D eigenvalue weighted by atomic mass is 16.3. The van der Waals surface area contributed by atoms with Gasteiger partial charge in [-0.3, -0.25) is 4.79 Å². The lowest BCUT2D eigenvalue weighted by atomic mass is 9.90. The van der Waals surface area contributed by atoms with E-state index < -0.39 is 5.92 Å². The second-order valence-electron chi connectivity index (χ2n) is 8.88. The molecule has 4 aromatic carbocycles. The van der Waals surface area contributed by atoms with Gasteiger partial charge in [-0.15, -0.1) is 0 Å². The molecule has 1 atom stereocenters. The van der Waals surface area contributed by atoms with Crippen LogP contribution in [-0.2, 0) is 4.79 Å². The van der Waals surface area contributed by atoms with Crippen LogP contribution in [0.5, 0.6) is 0 Å². The molecule has 0 aliphatic heterocycles. The molecule has 0 aliphatic rings. The molecular weight excluding hydrogens is 432 g/mol. The molecule has 1 heterocycles. The average Bonchev–Trinajstić information content (AvgIpc) is 3.33. The van der Waals surface area contributed by atoms with Gasteiger partial charge in [0.05, 0.1) is 5.92 Å². The summed E-state index contributed by atoms with van der Waals surface area (Å²) in [6.45, 7) is 4.40. The molecular formula is C31H28N2O2. The van der Waals surface area contributed by atoms with Gasteiger partial charge in [0.2, 0.25) is 11.8 Å². The Bertz CT molecular complexity index is 1400. The van der Waals surface area contributed by atoms with E-state index in [-0.39, 0.29) is 5.91 Å². The largest absolute Gasteiger partial charge is 0.436 e. The van der Waals surface area contributed by atoms with Crippen molar-refractivity contribution < 1.29 is 9.21 Å². The smallest absolute Gasteiger partial charge is 0.236 e. The molecule has 5 aromatic rings. The Morgan fingerprint density at radius 1 is 0.829 bits per heavy atom. The minimum atomic E-state index is -0.413. The molecule has 174 valence electrons. The highest BCUT2D eigenvalue weighted by Crippen LogP contribution is 2.30. The number of carbonyl (C=O) groups excluding carboxylic acids is 1. The van der Waals surface area contributed by atoms with Gasteiger partial charge in [-0.05, 0) is 59.4 Å². The summed E-state index contributed by atoms with van der Waals surface area (Å²) in [6.07, 6.45) is 1.07. The second-order valence-corrected chi connectivity index (χ2v) is 8.88. The predicted octanol–water partition coefficient (Wildman–Crippen LogP) is 7.78. The normalized spacial score (nSPS) is 12.1. The van der Waals surface area contributed by atoms with E-state index in [2.05, 4.69) is 31.3 Å². The fraction of sp³-hybridized carbons (Fsp3) is 0.161. The number of nitrogens with one attached hydrogen (secondary N) is 1. The number of hydrogen-bond donors (Lipinski definition) is 1. The number of anilines is 1. The summed E-state index contributed by atoms with van der Waals surface area (Å²) in [5.74, 6) is 0.514. The maximum atomic E-state index is 13.5. The summed E-state index contributed by atoms with van der Waals surface area (Å²) >= 11 is 0. The van der Waals surface area contributed by atoms with Crippen molar-refractivity contribution in [2.24, 2.45) is 0 Å². The molecule has 0 aliphatic carbocycles. The van der Waals surface area contributed by atoms with E-state index >= 15 is 0 Å². The van der Waals surface area contributed by atoms with Crippen LogP contribution in [0.3, 0.4) is 0 Å². The lowest BCUT2D eigenvalue weighted by molar-refractivity contribution is -0.116. The molecule has 0 bridgehead atoms. The van der Waals surface area contributed by atoms with E-state index in [1.807, 2.05) is 91.0 Å². The fourth-order valence-electron chi connectivity index (χ4n) is 4.34. The average molecular weight is 461 g/mol. The molecule has 1 amide bonds. The van der Waals surface area contributed by atoms with Crippen LogP contribution in [0.2, 0.25) is 0 Å². The number of rotatable bonds is 7. The van der Waals surface area contributed by atoms with Gasteiger partial charge >= 0.3 is 0 Å². The van der Waals surface area contributed by atoms with Crippen LogP contribution >= 0.6 is 0 Å². The van der Waals surface area contributed by atoms with Crippen LogP contribution in [0.25, 0.3) is 22.6 Å². The summed E-state index contributed by atoms with van der Waals surface area (Å²) in [5, 5.41) is 3.11. The van der Waals surface area contributed by atoms with Crippen molar-refractivity contribution >= 4 is 22.7 Å². The lowest BCUT2D eigenvalue weighted by Crippen LogP contribution is -2.22. The number of benzene rings is 4. The number of fused-ring (bicyclic) bond motifs is 1. The van der Waals surface area contributed by atoms with Gasteiger partial charge in [0, 0.05) is 11.3 Å². The third kappa shape index (κ3) is 4.87. The standard InChI is InChI=1S/C31H28N2O2/c1-3-21(2)24-17-18-28-27(20-24)33-31(35-28)25-15-10-16-26(19-25)32-30(34)29(22-11-6-4-7-12-22)23-13-8-5-9-14-23/h4-21,29H,3H2,1-2H3,(H,32,34). The zero-order valence-corrected chi connectivity index (χ0v) is 19.9. The highest BCUT2D eigenvalue weighted by Gasteiger charge is 2.23. The Morgan fingerprint density at radius 3 is 2.17 bits per heavy atom. The minimum Gasteiger partial charge on any atom is -0.436 e. The number of oxazole rings is 1. The molecule has 35 heavy (non-hydrogen) atoms. The second kappa shape index (κ2) is 9.98. The Morgan fingerprint density at radius 2 is 1.51 bits per heavy atom. The van der Waals surface area contributed by atoms with Crippen LogP contribution in [-0.4, -0.2) is 10.9 Å². The number of aromatic nitrogens is 1. The van der Waals surface area contributed by atoms with Gasteiger partial charge in [0.1, 0.15) is 5.52 Å². The van der Waals surface area contributed by atoms with E-state index in [4.69, 9.17) is 9.40 Å². The van der Waals surface area contributed by atoms with Crippen molar-refractivity contribution in [3.63, 3.8) is 0 Å². The Kier molecular flexibility index (Phi) is 6.44. The van der Waals surface area contributed by atoms with Crippen molar-refractivity contribution in [3.8, 4) is 11.5 Å². The number of amides is 1. The first-order chi connectivity index (χ1) is 17.1. The topological polar surface area (TPSA) is 55.1 Å². The fourth-order valence-corrected chi connectivity index (χ4v) is 4.34. The number of carbonyl (C=O) groups is 1. The monoisotopic (exact) mass is 460 g/mol. The van der Waals surface area contributed by atoms with Crippen LogP contribution in [0.4, 0.5) is 5.69 Å². The maximum Gasteiger partial charge on any atom is 0.236 e. The van der Waals surface area contributed by atoms with Gasteiger partial charge in [-0.2, -0.15) is 0 Å². The zero-order chi connectivity index (χ0) is 24.2. The Hall–Kier alpha value is -4.18. The van der Waals surface area contributed by atoms with E-state index in [0.717, 1.165) is 34.2 Å². The first kappa shape index (κ1) is 22.6. The third-order valence-electron chi connectivity index (χ3n) is 6.50. The SMILES string of the molecule is CCC(C)c1ccc2oc(-c3cccc(NC(=O)C(c4ccccc4)c4ccccc4)c3)nc2c1.